The lowest BCUT2D eigenvalue weighted by Crippen LogP contribution is -2.41. The third-order valence-corrected chi connectivity index (χ3v) is 5.20. The summed E-state index contributed by atoms with van der Waals surface area (Å²) >= 11 is 0. The smallest absolute Gasteiger partial charge is 0.407 e. The standard InChI is InChI=1S/C21H21NO4/c23-20(24)19(11-13-9-10-13)22-21(25)26-12-18-16-7-3-1-5-14(16)15-6-2-4-8-17(15)18/h1-8,13,18-19H,9-12H2,(H,22,25)(H,23,24). The number of hydrogen-bond acceptors (Lipinski definition) is 3. The highest BCUT2D eigenvalue weighted by molar-refractivity contribution is 5.81. The molecule has 2 N–H and O–H groups in total. The lowest BCUT2D eigenvalue weighted by atomic mass is 9.98. The molecule has 0 aliphatic heterocycles. The van der Waals surface area contributed by atoms with Crippen molar-refractivity contribution in [3.8, 4) is 11.1 Å². The van der Waals surface area contributed by atoms with Crippen molar-refractivity contribution in [2.75, 3.05) is 6.61 Å². The van der Waals surface area contributed by atoms with Crippen LogP contribution in [-0.2, 0) is 9.53 Å². The minimum Gasteiger partial charge on any atom is -0.480 e. The summed E-state index contributed by atoms with van der Waals surface area (Å²) in [5.74, 6) is -0.629. The summed E-state index contributed by atoms with van der Waals surface area (Å²) in [4.78, 5) is 23.5. The number of ether oxygens (including phenoxy) is 1. The van der Waals surface area contributed by atoms with Gasteiger partial charge < -0.3 is 15.2 Å². The number of rotatable bonds is 6. The predicted octanol–water partition coefficient (Wildman–Crippen LogP) is 3.78. The first kappa shape index (κ1) is 16.6. The molecule has 2 aliphatic rings. The molecule has 0 heterocycles. The quantitative estimate of drug-likeness (QED) is 0.830. The van der Waals surface area contributed by atoms with Crippen molar-refractivity contribution in [2.24, 2.45) is 5.92 Å². The number of carboxylic acids is 1. The Morgan fingerprint density at radius 3 is 2.15 bits per heavy atom. The van der Waals surface area contributed by atoms with E-state index in [0.29, 0.717) is 12.3 Å². The van der Waals surface area contributed by atoms with E-state index in [1.165, 1.54) is 0 Å². The third-order valence-electron chi connectivity index (χ3n) is 5.20. The van der Waals surface area contributed by atoms with E-state index in [9.17, 15) is 14.7 Å². The van der Waals surface area contributed by atoms with Gasteiger partial charge in [-0.1, -0.05) is 61.4 Å². The molecular weight excluding hydrogens is 330 g/mol. The van der Waals surface area contributed by atoms with Crippen LogP contribution in [0.3, 0.4) is 0 Å². The zero-order chi connectivity index (χ0) is 18.1. The lowest BCUT2D eigenvalue weighted by Gasteiger charge is -2.17. The highest BCUT2D eigenvalue weighted by Crippen LogP contribution is 2.44. The summed E-state index contributed by atoms with van der Waals surface area (Å²) in [7, 11) is 0. The van der Waals surface area contributed by atoms with Gasteiger partial charge in [0.1, 0.15) is 12.6 Å². The van der Waals surface area contributed by atoms with E-state index < -0.39 is 18.1 Å². The van der Waals surface area contributed by atoms with Crippen LogP contribution in [0.1, 0.15) is 36.3 Å². The molecule has 26 heavy (non-hydrogen) atoms. The number of carbonyl (C=O) groups is 2. The fourth-order valence-electron chi connectivity index (χ4n) is 3.69. The van der Waals surface area contributed by atoms with Gasteiger partial charge >= 0.3 is 12.1 Å². The van der Waals surface area contributed by atoms with Crippen molar-refractivity contribution in [1.29, 1.82) is 0 Å². The molecule has 2 aromatic rings. The number of benzene rings is 2. The first-order chi connectivity index (χ1) is 12.6. The Kier molecular flexibility index (Phi) is 4.37. The molecule has 134 valence electrons. The maximum absolute atomic E-state index is 12.1. The van der Waals surface area contributed by atoms with Crippen LogP contribution in [0.25, 0.3) is 11.1 Å². The van der Waals surface area contributed by atoms with Crippen molar-refractivity contribution in [2.45, 2.75) is 31.2 Å². The second-order valence-electron chi connectivity index (χ2n) is 7.04. The molecule has 4 rings (SSSR count). The Morgan fingerprint density at radius 1 is 1.04 bits per heavy atom. The van der Waals surface area contributed by atoms with Gasteiger partial charge in [0, 0.05) is 5.92 Å². The molecule has 1 unspecified atom stereocenters. The van der Waals surface area contributed by atoms with Gasteiger partial charge in [-0.05, 0) is 34.6 Å². The van der Waals surface area contributed by atoms with Gasteiger partial charge in [-0.2, -0.15) is 0 Å². The van der Waals surface area contributed by atoms with Crippen LogP contribution in [-0.4, -0.2) is 29.8 Å². The Balaban J connectivity index is 1.44. The van der Waals surface area contributed by atoms with Crippen LogP contribution in [0.5, 0.6) is 0 Å². The van der Waals surface area contributed by atoms with E-state index in [2.05, 4.69) is 29.6 Å². The first-order valence-corrected chi connectivity index (χ1v) is 8.98. The summed E-state index contributed by atoms with van der Waals surface area (Å²) in [6.07, 6.45) is 1.88. The number of alkyl carbamates (subject to hydrolysis) is 1. The van der Waals surface area contributed by atoms with Crippen molar-refractivity contribution >= 4 is 12.1 Å². The highest BCUT2D eigenvalue weighted by atomic mass is 16.5. The molecule has 0 saturated heterocycles. The molecule has 0 radical (unpaired) electrons. The van der Waals surface area contributed by atoms with Crippen LogP contribution in [0.2, 0.25) is 0 Å². The summed E-state index contributed by atoms with van der Waals surface area (Å²) in [5, 5.41) is 11.8. The summed E-state index contributed by atoms with van der Waals surface area (Å²) in [6.45, 7) is 0.190. The molecule has 1 atom stereocenters. The molecule has 5 nitrogen and oxygen atoms in total. The maximum atomic E-state index is 12.1. The molecular formula is C21H21NO4. The molecule has 0 aromatic heterocycles. The second-order valence-corrected chi connectivity index (χ2v) is 7.04. The summed E-state index contributed by atoms with van der Waals surface area (Å²) < 4.78 is 5.41. The zero-order valence-corrected chi connectivity index (χ0v) is 14.4. The average Bonchev–Trinajstić information content (AvgIpc) is 3.40. The van der Waals surface area contributed by atoms with E-state index in [0.717, 1.165) is 35.1 Å². The van der Waals surface area contributed by atoms with Crippen LogP contribution in [0.15, 0.2) is 48.5 Å². The van der Waals surface area contributed by atoms with Gasteiger partial charge in [-0.25, -0.2) is 9.59 Å². The van der Waals surface area contributed by atoms with Crippen molar-refractivity contribution in [1.82, 2.24) is 5.32 Å². The van der Waals surface area contributed by atoms with E-state index in [-0.39, 0.29) is 12.5 Å². The summed E-state index contributed by atoms with van der Waals surface area (Å²) in [5.41, 5.74) is 4.59. The van der Waals surface area contributed by atoms with Crippen molar-refractivity contribution in [3.05, 3.63) is 59.7 Å². The zero-order valence-electron chi connectivity index (χ0n) is 14.4. The fraction of sp³-hybridized carbons (Fsp3) is 0.333. The Hall–Kier alpha value is -2.82. The molecule has 1 saturated carbocycles. The topological polar surface area (TPSA) is 75.6 Å². The minimum atomic E-state index is -1.01. The molecule has 2 aromatic carbocycles. The molecule has 2 aliphatic carbocycles. The number of fused-ring (bicyclic) bond motifs is 3. The van der Waals surface area contributed by atoms with Gasteiger partial charge in [0.25, 0.3) is 0 Å². The number of hydrogen-bond donors (Lipinski definition) is 2. The Morgan fingerprint density at radius 2 is 1.62 bits per heavy atom. The molecule has 5 heteroatoms. The van der Waals surface area contributed by atoms with Gasteiger partial charge in [0.2, 0.25) is 0 Å². The fourth-order valence-corrected chi connectivity index (χ4v) is 3.69. The SMILES string of the molecule is O=C(NC(CC1CC1)C(=O)O)OCC1c2ccccc2-c2ccccc21. The van der Waals surface area contributed by atoms with Crippen molar-refractivity contribution < 1.29 is 19.4 Å². The maximum Gasteiger partial charge on any atom is 0.407 e. The average molecular weight is 351 g/mol. The molecule has 0 spiro atoms. The van der Waals surface area contributed by atoms with Gasteiger partial charge in [-0.15, -0.1) is 0 Å². The highest BCUT2D eigenvalue weighted by Gasteiger charge is 2.32. The minimum absolute atomic E-state index is 0.0279. The van der Waals surface area contributed by atoms with E-state index >= 15 is 0 Å². The largest absolute Gasteiger partial charge is 0.480 e. The molecule has 0 bridgehead atoms. The van der Waals surface area contributed by atoms with E-state index in [1.54, 1.807) is 0 Å². The van der Waals surface area contributed by atoms with Crippen LogP contribution in [0, 0.1) is 5.92 Å². The van der Waals surface area contributed by atoms with Crippen LogP contribution in [0.4, 0.5) is 4.79 Å². The van der Waals surface area contributed by atoms with Crippen molar-refractivity contribution in [3.63, 3.8) is 0 Å². The van der Waals surface area contributed by atoms with E-state index in [4.69, 9.17) is 4.74 Å². The lowest BCUT2D eigenvalue weighted by molar-refractivity contribution is -0.139. The van der Waals surface area contributed by atoms with Gasteiger partial charge in [-0.3, -0.25) is 0 Å². The normalized spacial score (nSPS) is 16.5. The predicted molar refractivity (Wildman–Crippen MR) is 97.0 cm³/mol. The number of amides is 1. The van der Waals surface area contributed by atoms with Gasteiger partial charge in [0.05, 0.1) is 0 Å². The van der Waals surface area contributed by atoms with Crippen LogP contribution >= 0.6 is 0 Å². The number of aliphatic carboxylic acids is 1. The van der Waals surface area contributed by atoms with Crippen LogP contribution < -0.4 is 5.32 Å². The monoisotopic (exact) mass is 351 g/mol. The van der Waals surface area contributed by atoms with Gasteiger partial charge in [0.15, 0.2) is 0 Å². The summed E-state index contributed by atoms with van der Waals surface area (Å²) in [6, 6.07) is 15.3. The first-order valence-electron chi connectivity index (χ1n) is 8.98. The molecule has 1 amide bonds. The third kappa shape index (κ3) is 3.29. The van der Waals surface area contributed by atoms with E-state index in [1.807, 2.05) is 24.3 Å². The Labute approximate surface area is 152 Å². The number of carboxylic acid groups (broad SMARTS) is 1. The Bertz CT molecular complexity index is 798. The molecule has 1 fully saturated rings. The second kappa shape index (κ2) is 6.83. The number of carbonyl (C=O) groups excluding carboxylic acids is 1. The number of nitrogens with one attached hydrogen (secondary N) is 1.